The summed E-state index contributed by atoms with van der Waals surface area (Å²) in [7, 11) is -3.81. The normalized spacial score (nSPS) is 20.3. The maximum Gasteiger partial charge on any atom is 0.407 e. The number of thiazole rings is 1. The molecular formula is C26H36N4O5S2. The summed E-state index contributed by atoms with van der Waals surface area (Å²) in [5.74, 6) is 0.118. The molecule has 2 N–H and O–H groups in total. The first-order valence-corrected chi connectivity index (χ1v) is 15.3. The van der Waals surface area contributed by atoms with Gasteiger partial charge in [-0.1, -0.05) is 13.0 Å². The number of alkyl carbamates (subject to hydrolysis) is 1. The number of sulfonamides is 1. The number of benzene rings is 1. The molecule has 1 saturated heterocycles. The second-order valence-corrected chi connectivity index (χ2v) is 12.7. The lowest BCUT2D eigenvalue weighted by atomic mass is 9.86. The summed E-state index contributed by atoms with van der Waals surface area (Å²) in [6.45, 7) is 7.03. The van der Waals surface area contributed by atoms with Crippen molar-refractivity contribution in [2.45, 2.75) is 82.3 Å². The number of ether oxygens (including phenoxy) is 1. The van der Waals surface area contributed by atoms with E-state index in [1.54, 1.807) is 30.2 Å². The van der Waals surface area contributed by atoms with Gasteiger partial charge in [0.15, 0.2) is 0 Å². The van der Waals surface area contributed by atoms with Crippen molar-refractivity contribution in [3.05, 3.63) is 35.0 Å². The van der Waals surface area contributed by atoms with Crippen molar-refractivity contribution in [1.29, 1.82) is 0 Å². The molecule has 1 aliphatic heterocycles. The number of rotatable bonds is 8. The van der Waals surface area contributed by atoms with Crippen molar-refractivity contribution in [2.24, 2.45) is 0 Å². The van der Waals surface area contributed by atoms with E-state index in [9.17, 15) is 18.0 Å². The fourth-order valence-corrected chi connectivity index (χ4v) is 7.43. The Morgan fingerprint density at radius 2 is 1.86 bits per heavy atom. The fourth-order valence-electron chi connectivity index (χ4n) is 4.95. The summed E-state index contributed by atoms with van der Waals surface area (Å²) in [6, 6.07) is 5.03. The Bertz CT molecular complexity index is 1210. The van der Waals surface area contributed by atoms with E-state index in [1.165, 1.54) is 17.4 Å². The van der Waals surface area contributed by atoms with E-state index >= 15 is 0 Å². The van der Waals surface area contributed by atoms with Gasteiger partial charge >= 0.3 is 6.09 Å². The summed E-state index contributed by atoms with van der Waals surface area (Å²) in [5, 5.41) is 3.90. The van der Waals surface area contributed by atoms with E-state index in [0.717, 1.165) is 48.4 Å². The highest BCUT2D eigenvalue weighted by Crippen LogP contribution is 2.39. The molecule has 0 unspecified atom stereocenters. The predicted octanol–water partition coefficient (Wildman–Crippen LogP) is 4.51. The third-order valence-electron chi connectivity index (χ3n) is 6.78. The number of likely N-dealkylation sites (tertiary alicyclic amines) is 1. The van der Waals surface area contributed by atoms with Crippen LogP contribution in [-0.2, 0) is 14.8 Å². The first kappa shape index (κ1) is 27.5. The summed E-state index contributed by atoms with van der Waals surface area (Å²) in [6.07, 6.45) is 6.56. The van der Waals surface area contributed by atoms with Crippen LogP contribution in [0.2, 0.25) is 0 Å². The van der Waals surface area contributed by atoms with Crippen molar-refractivity contribution in [3.8, 4) is 10.4 Å². The molecule has 2 aromatic rings. The second-order valence-electron chi connectivity index (χ2n) is 9.92. The van der Waals surface area contributed by atoms with Crippen molar-refractivity contribution >= 4 is 33.4 Å². The maximum absolute atomic E-state index is 13.1. The van der Waals surface area contributed by atoms with Crippen molar-refractivity contribution < 1.29 is 22.7 Å². The molecule has 0 atom stereocenters. The molecule has 1 saturated carbocycles. The topological polar surface area (TPSA) is 118 Å². The summed E-state index contributed by atoms with van der Waals surface area (Å²) < 4.78 is 34.0. The van der Waals surface area contributed by atoms with Crippen LogP contribution in [0.5, 0.6) is 0 Å². The van der Waals surface area contributed by atoms with Crippen molar-refractivity contribution in [3.63, 3.8) is 0 Å². The standard InChI is InChI=1S/C26H36N4O5S2/c1-4-28-37(33,34)23-15-19(25(31)30-13-5-6-14-30)9-12-21(23)22-16-27-24(36-22)18-7-10-20(11-8-18)29-26(32)35-17(2)3/h9,12,15-18,20,28H,4-8,10-11,13-14H2,1-3H3,(H,29,32). The minimum Gasteiger partial charge on any atom is -0.447 e. The van der Waals surface area contributed by atoms with Crippen LogP contribution < -0.4 is 10.0 Å². The predicted molar refractivity (Wildman–Crippen MR) is 143 cm³/mol. The van der Waals surface area contributed by atoms with Gasteiger partial charge in [-0.25, -0.2) is 22.9 Å². The van der Waals surface area contributed by atoms with Gasteiger partial charge in [0.2, 0.25) is 10.0 Å². The average molecular weight is 549 g/mol. The Kier molecular flexibility index (Phi) is 8.86. The molecule has 0 radical (unpaired) electrons. The smallest absolute Gasteiger partial charge is 0.407 e. The lowest BCUT2D eigenvalue weighted by Gasteiger charge is -2.28. The number of nitrogens with zero attached hydrogens (tertiary/aromatic N) is 2. The van der Waals surface area contributed by atoms with Crippen LogP contribution >= 0.6 is 11.3 Å². The van der Waals surface area contributed by atoms with Gasteiger partial charge in [-0.15, -0.1) is 11.3 Å². The maximum atomic E-state index is 13.1. The van der Waals surface area contributed by atoms with Gasteiger partial charge in [-0.2, -0.15) is 0 Å². The van der Waals surface area contributed by atoms with Crippen LogP contribution in [0, 0.1) is 0 Å². The van der Waals surface area contributed by atoms with E-state index in [1.807, 2.05) is 13.8 Å². The molecule has 11 heteroatoms. The van der Waals surface area contributed by atoms with Crippen LogP contribution in [0.4, 0.5) is 4.79 Å². The zero-order valence-electron chi connectivity index (χ0n) is 21.7. The van der Waals surface area contributed by atoms with Crippen LogP contribution in [0.1, 0.15) is 80.6 Å². The van der Waals surface area contributed by atoms with Gasteiger partial charge < -0.3 is 15.0 Å². The molecular weight excluding hydrogens is 512 g/mol. The molecule has 1 aromatic heterocycles. The summed E-state index contributed by atoms with van der Waals surface area (Å²) in [4.78, 5) is 32.1. The first-order chi connectivity index (χ1) is 17.7. The number of nitrogens with one attached hydrogen (secondary N) is 2. The fraction of sp³-hybridized carbons (Fsp3) is 0.577. The Morgan fingerprint density at radius 3 is 2.51 bits per heavy atom. The Balaban J connectivity index is 1.52. The van der Waals surface area contributed by atoms with E-state index in [0.29, 0.717) is 24.2 Å². The lowest BCUT2D eigenvalue weighted by Crippen LogP contribution is -2.38. The quantitative estimate of drug-likeness (QED) is 0.501. The SMILES string of the molecule is CCNS(=O)(=O)c1cc(C(=O)N2CCCC2)ccc1-c1cnc(C2CCC(NC(=O)OC(C)C)CC2)s1. The molecule has 2 aliphatic rings. The van der Waals surface area contributed by atoms with E-state index in [-0.39, 0.29) is 41.5 Å². The van der Waals surface area contributed by atoms with Crippen molar-refractivity contribution in [1.82, 2.24) is 19.9 Å². The van der Waals surface area contributed by atoms with Gasteiger partial charge in [0.05, 0.1) is 20.9 Å². The Morgan fingerprint density at radius 1 is 1.16 bits per heavy atom. The second kappa shape index (κ2) is 11.9. The number of hydrogen-bond acceptors (Lipinski definition) is 7. The summed E-state index contributed by atoms with van der Waals surface area (Å²) >= 11 is 1.49. The molecule has 1 aromatic carbocycles. The lowest BCUT2D eigenvalue weighted by molar-refractivity contribution is 0.0792. The van der Waals surface area contributed by atoms with E-state index in [4.69, 9.17) is 4.74 Å². The summed E-state index contributed by atoms with van der Waals surface area (Å²) in [5.41, 5.74) is 0.933. The average Bonchev–Trinajstić information content (AvgIpc) is 3.56. The van der Waals surface area contributed by atoms with Gasteiger partial charge in [-0.3, -0.25) is 4.79 Å². The van der Waals surface area contributed by atoms with Crippen LogP contribution in [0.25, 0.3) is 10.4 Å². The van der Waals surface area contributed by atoms with Crippen molar-refractivity contribution in [2.75, 3.05) is 19.6 Å². The highest BCUT2D eigenvalue weighted by Gasteiger charge is 2.28. The van der Waals surface area contributed by atoms with Gasteiger partial charge in [0.25, 0.3) is 5.91 Å². The molecule has 202 valence electrons. The third kappa shape index (κ3) is 6.69. The molecule has 9 nitrogen and oxygen atoms in total. The molecule has 37 heavy (non-hydrogen) atoms. The number of aromatic nitrogens is 1. The molecule has 0 spiro atoms. The zero-order chi connectivity index (χ0) is 26.6. The highest BCUT2D eigenvalue weighted by molar-refractivity contribution is 7.89. The Labute approximate surface area is 223 Å². The van der Waals surface area contributed by atoms with Crippen LogP contribution in [-0.4, -0.2) is 62.1 Å². The Hall–Kier alpha value is -2.50. The number of hydrogen-bond donors (Lipinski definition) is 2. The molecule has 2 heterocycles. The van der Waals surface area contributed by atoms with Gasteiger partial charge in [-0.05, 0) is 64.5 Å². The minimum atomic E-state index is -3.81. The van der Waals surface area contributed by atoms with E-state index < -0.39 is 10.0 Å². The number of carbonyl (C=O) groups is 2. The number of amides is 2. The van der Waals surface area contributed by atoms with Gasteiger partial charge in [0, 0.05) is 48.9 Å². The van der Waals surface area contributed by atoms with Gasteiger partial charge in [0.1, 0.15) is 0 Å². The number of carbonyl (C=O) groups excluding carboxylic acids is 2. The molecule has 1 aliphatic carbocycles. The minimum absolute atomic E-state index is 0.0829. The molecule has 2 fully saturated rings. The molecule has 2 amide bonds. The molecule has 4 rings (SSSR count). The highest BCUT2D eigenvalue weighted by atomic mass is 32.2. The van der Waals surface area contributed by atoms with Crippen LogP contribution in [0.3, 0.4) is 0 Å². The molecule has 0 bridgehead atoms. The first-order valence-electron chi connectivity index (χ1n) is 13.0. The third-order valence-corrected chi connectivity index (χ3v) is 9.55. The largest absolute Gasteiger partial charge is 0.447 e. The van der Waals surface area contributed by atoms with Crippen LogP contribution in [0.15, 0.2) is 29.3 Å². The van der Waals surface area contributed by atoms with E-state index in [2.05, 4.69) is 15.0 Å². The monoisotopic (exact) mass is 548 g/mol. The zero-order valence-corrected chi connectivity index (χ0v) is 23.3.